The van der Waals surface area contributed by atoms with E-state index in [1.165, 1.54) is 48.6 Å². The van der Waals surface area contributed by atoms with E-state index in [1.54, 1.807) is 18.2 Å². The predicted octanol–water partition coefficient (Wildman–Crippen LogP) is 6.50. The molecule has 0 bridgehead atoms. The second-order valence-corrected chi connectivity index (χ2v) is 8.49. The highest BCUT2D eigenvalue weighted by Crippen LogP contribution is 2.32. The number of alkyl halides is 5. The smallest absolute Gasteiger partial charge is 0.426 e. The molecule has 0 aliphatic rings. The van der Waals surface area contributed by atoms with Crippen LogP contribution < -0.4 is 20.9 Å². The largest absolute Gasteiger partial charge is 0.494 e. The standard InChI is InChI=1S/C28H27F5N2O4/c29-27(30,31)15-1-16-37-23-9-11-24(12-10-23)39-28(32,33)21-6-2-19(3-7-21)4-13-26(36)38-17-14-20-5-8-22(34)18-25(20)35/h2-13,18H,1,14-17,34-35H2. The lowest BCUT2D eigenvalue weighted by Crippen LogP contribution is -2.21. The lowest BCUT2D eigenvalue weighted by molar-refractivity contribution is -0.185. The quantitative estimate of drug-likeness (QED) is 0.0879. The molecule has 0 fully saturated rings. The summed E-state index contributed by atoms with van der Waals surface area (Å²) in [6.45, 7) is -0.0575. The summed E-state index contributed by atoms with van der Waals surface area (Å²) >= 11 is 0. The predicted molar refractivity (Wildman–Crippen MR) is 137 cm³/mol. The molecule has 0 aliphatic heterocycles. The van der Waals surface area contributed by atoms with E-state index in [4.69, 9.17) is 25.7 Å². The zero-order valence-corrected chi connectivity index (χ0v) is 20.7. The molecule has 4 N–H and O–H groups in total. The highest BCUT2D eigenvalue weighted by atomic mass is 19.4. The Morgan fingerprint density at radius 3 is 2.15 bits per heavy atom. The van der Waals surface area contributed by atoms with Gasteiger partial charge in [0.15, 0.2) is 0 Å². The lowest BCUT2D eigenvalue weighted by atomic mass is 10.1. The molecule has 0 amide bonds. The van der Waals surface area contributed by atoms with E-state index in [1.807, 2.05) is 0 Å². The van der Waals surface area contributed by atoms with Crippen LogP contribution in [0.1, 0.15) is 29.5 Å². The van der Waals surface area contributed by atoms with Crippen molar-refractivity contribution in [1.82, 2.24) is 0 Å². The van der Waals surface area contributed by atoms with Gasteiger partial charge in [0.05, 0.1) is 18.8 Å². The van der Waals surface area contributed by atoms with Crippen molar-refractivity contribution in [2.45, 2.75) is 31.5 Å². The van der Waals surface area contributed by atoms with Gasteiger partial charge in [-0.25, -0.2) is 4.79 Å². The van der Waals surface area contributed by atoms with Crippen molar-refractivity contribution in [2.75, 3.05) is 24.7 Å². The molecular formula is C28H27F5N2O4. The van der Waals surface area contributed by atoms with Gasteiger partial charge in [-0.2, -0.15) is 22.0 Å². The molecule has 3 aromatic rings. The molecule has 39 heavy (non-hydrogen) atoms. The second-order valence-electron chi connectivity index (χ2n) is 8.49. The first kappa shape index (κ1) is 29.3. The fourth-order valence-electron chi connectivity index (χ4n) is 3.38. The SMILES string of the molecule is Nc1ccc(CCOC(=O)C=Cc2ccc(C(F)(F)Oc3ccc(OCCCC(F)(F)F)cc3)cc2)c(N)c1. The van der Waals surface area contributed by atoms with E-state index < -0.39 is 30.2 Å². The molecular weight excluding hydrogens is 523 g/mol. The molecule has 0 unspecified atom stereocenters. The molecule has 3 rings (SSSR count). The van der Waals surface area contributed by atoms with Gasteiger partial charge in [0.1, 0.15) is 11.5 Å². The summed E-state index contributed by atoms with van der Waals surface area (Å²) in [5.74, 6) is -0.526. The van der Waals surface area contributed by atoms with Gasteiger partial charge in [0.25, 0.3) is 0 Å². The Labute approximate surface area is 222 Å². The number of rotatable bonds is 12. The van der Waals surface area contributed by atoms with E-state index in [-0.39, 0.29) is 31.1 Å². The first-order valence-corrected chi connectivity index (χ1v) is 11.9. The first-order chi connectivity index (χ1) is 18.4. The first-order valence-electron chi connectivity index (χ1n) is 11.9. The average molecular weight is 551 g/mol. The maximum Gasteiger partial charge on any atom is 0.426 e. The van der Waals surface area contributed by atoms with Crippen LogP contribution >= 0.6 is 0 Å². The highest BCUT2D eigenvalue weighted by molar-refractivity contribution is 5.87. The third kappa shape index (κ3) is 9.84. The normalized spacial score (nSPS) is 11.9. The van der Waals surface area contributed by atoms with Crippen LogP contribution in [0.25, 0.3) is 6.08 Å². The Hall–Kier alpha value is -4.28. The third-order valence-corrected chi connectivity index (χ3v) is 5.39. The number of halogens is 5. The fraction of sp³-hybridized carbons (Fsp3) is 0.250. The number of anilines is 2. The molecule has 6 nitrogen and oxygen atoms in total. The molecule has 208 valence electrons. The van der Waals surface area contributed by atoms with Crippen LogP contribution in [0.5, 0.6) is 11.5 Å². The van der Waals surface area contributed by atoms with Crippen LogP contribution in [-0.2, 0) is 22.1 Å². The van der Waals surface area contributed by atoms with Gasteiger partial charge < -0.3 is 25.7 Å². The average Bonchev–Trinajstić information content (AvgIpc) is 2.87. The van der Waals surface area contributed by atoms with Crippen molar-refractivity contribution in [1.29, 1.82) is 0 Å². The fourth-order valence-corrected chi connectivity index (χ4v) is 3.38. The van der Waals surface area contributed by atoms with Crippen molar-refractivity contribution in [2.24, 2.45) is 0 Å². The van der Waals surface area contributed by atoms with Gasteiger partial charge in [-0.1, -0.05) is 18.2 Å². The van der Waals surface area contributed by atoms with Gasteiger partial charge >= 0.3 is 18.3 Å². The molecule has 3 aromatic carbocycles. The maximum absolute atomic E-state index is 14.6. The minimum Gasteiger partial charge on any atom is -0.494 e. The van der Waals surface area contributed by atoms with E-state index in [2.05, 4.69) is 0 Å². The van der Waals surface area contributed by atoms with Crippen LogP contribution in [0, 0.1) is 0 Å². The van der Waals surface area contributed by atoms with Crippen LogP contribution in [0.2, 0.25) is 0 Å². The van der Waals surface area contributed by atoms with E-state index in [0.717, 1.165) is 17.7 Å². The summed E-state index contributed by atoms with van der Waals surface area (Å²) in [7, 11) is 0. The van der Waals surface area contributed by atoms with Crippen molar-refractivity contribution >= 4 is 23.4 Å². The Morgan fingerprint density at radius 2 is 1.51 bits per heavy atom. The van der Waals surface area contributed by atoms with Crippen molar-refractivity contribution < 1.29 is 41.0 Å². The summed E-state index contributed by atoms with van der Waals surface area (Å²) in [4.78, 5) is 12.0. The molecule has 0 aliphatic carbocycles. The van der Waals surface area contributed by atoms with E-state index >= 15 is 0 Å². The van der Waals surface area contributed by atoms with Gasteiger partial charge in [0.2, 0.25) is 0 Å². The third-order valence-electron chi connectivity index (χ3n) is 5.39. The summed E-state index contributed by atoms with van der Waals surface area (Å²) in [5.41, 5.74) is 13.4. The minimum atomic E-state index is -4.26. The topological polar surface area (TPSA) is 96.8 Å². The monoisotopic (exact) mass is 550 g/mol. The van der Waals surface area contributed by atoms with Crippen LogP contribution in [-0.4, -0.2) is 25.4 Å². The van der Waals surface area contributed by atoms with Gasteiger partial charge in [0, 0.05) is 30.3 Å². The van der Waals surface area contributed by atoms with Gasteiger partial charge in [-0.15, -0.1) is 0 Å². The molecule has 11 heteroatoms. The van der Waals surface area contributed by atoms with Crippen molar-refractivity contribution in [3.8, 4) is 11.5 Å². The summed E-state index contributed by atoms with van der Waals surface area (Å²) in [6.07, 6.45) is -6.10. The van der Waals surface area contributed by atoms with Crippen molar-refractivity contribution in [3.63, 3.8) is 0 Å². The molecule has 0 radical (unpaired) electrons. The number of ether oxygens (including phenoxy) is 3. The summed E-state index contributed by atoms with van der Waals surface area (Å²) in [5, 5.41) is 0. The van der Waals surface area contributed by atoms with Gasteiger partial charge in [-0.3, -0.25) is 0 Å². The number of esters is 1. The van der Waals surface area contributed by atoms with E-state index in [9.17, 15) is 26.7 Å². The molecule has 0 aromatic heterocycles. The number of carbonyl (C=O) groups is 1. The summed E-state index contributed by atoms with van der Waals surface area (Å²) in [6, 6.07) is 15.3. The second kappa shape index (κ2) is 13.0. The number of carbonyl (C=O) groups excluding carboxylic acids is 1. The lowest BCUT2D eigenvalue weighted by Gasteiger charge is -2.18. The minimum absolute atomic E-state index is 0.102. The molecule has 0 saturated carbocycles. The number of nitrogens with two attached hydrogens (primary N) is 2. The zero-order valence-electron chi connectivity index (χ0n) is 20.7. The zero-order chi connectivity index (χ0) is 28.5. The Kier molecular flexibility index (Phi) is 9.75. The number of hydrogen-bond acceptors (Lipinski definition) is 6. The Balaban J connectivity index is 1.47. The summed E-state index contributed by atoms with van der Waals surface area (Å²) < 4.78 is 80.8. The number of nitrogen functional groups attached to an aromatic ring is 2. The molecule has 0 atom stereocenters. The Morgan fingerprint density at radius 1 is 0.846 bits per heavy atom. The van der Waals surface area contributed by atoms with Crippen LogP contribution in [0.15, 0.2) is 72.8 Å². The number of benzene rings is 3. The highest BCUT2D eigenvalue weighted by Gasteiger charge is 2.34. The van der Waals surface area contributed by atoms with Gasteiger partial charge in [-0.05, 0) is 72.2 Å². The maximum atomic E-state index is 14.6. The number of hydrogen-bond donors (Lipinski definition) is 2. The van der Waals surface area contributed by atoms with Crippen LogP contribution in [0.4, 0.5) is 33.3 Å². The molecule has 0 saturated heterocycles. The van der Waals surface area contributed by atoms with E-state index in [0.29, 0.717) is 23.4 Å². The Bertz CT molecular complexity index is 1260. The molecule has 0 heterocycles. The van der Waals surface area contributed by atoms with Crippen LogP contribution in [0.3, 0.4) is 0 Å². The molecule has 0 spiro atoms. The van der Waals surface area contributed by atoms with Crippen molar-refractivity contribution in [3.05, 3.63) is 89.5 Å².